The first kappa shape index (κ1) is 8.27. The average Bonchev–Trinajstić information content (AvgIpc) is 2.36. The lowest BCUT2D eigenvalue weighted by atomic mass is 10.3. The first-order valence-electron chi connectivity index (χ1n) is 3.88. The zero-order valence-corrected chi connectivity index (χ0v) is 6.99. The first-order chi connectivity index (χ1) is 5.25. The van der Waals surface area contributed by atoms with E-state index in [0.717, 1.165) is 5.82 Å². The Morgan fingerprint density at radius 1 is 1.64 bits per heavy atom. The lowest BCUT2D eigenvalue weighted by molar-refractivity contribution is 0.293. The first-order valence-corrected chi connectivity index (χ1v) is 3.88. The Balaban J connectivity index is 2.78. The van der Waals surface area contributed by atoms with Crippen LogP contribution in [0.1, 0.15) is 25.7 Å². The van der Waals surface area contributed by atoms with Gasteiger partial charge in [0.1, 0.15) is 5.82 Å². The molecule has 1 rings (SSSR count). The van der Waals surface area contributed by atoms with Crippen LogP contribution >= 0.6 is 0 Å². The third-order valence-electron chi connectivity index (χ3n) is 1.64. The van der Waals surface area contributed by atoms with Gasteiger partial charge in [-0.1, -0.05) is 0 Å². The summed E-state index contributed by atoms with van der Waals surface area (Å²) in [5.41, 5.74) is 0. The molecule has 0 amide bonds. The van der Waals surface area contributed by atoms with Crippen LogP contribution in [0.4, 0.5) is 0 Å². The van der Waals surface area contributed by atoms with E-state index in [1.54, 1.807) is 6.20 Å². The standard InChI is InChI=1S/C8H14N2O/c1-7(2)10-5-4-9-8(10)3-6-11/h4-5,7,11H,3,6H2,1-2H3. The molecule has 0 radical (unpaired) electrons. The predicted octanol–water partition coefficient (Wildman–Crippen LogP) is 0.999. The lowest BCUT2D eigenvalue weighted by Crippen LogP contribution is -2.06. The Morgan fingerprint density at radius 2 is 2.36 bits per heavy atom. The van der Waals surface area contributed by atoms with Crippen molar-refractivity contribution in [2.75, 3.05) is 6.61 Å². The normalized spacial score (nSPS) is 10.9. The van der Waals surface area contributed by atoms with Crippen molar-refractivity contribution in [2.24, 2.45) is 0 Å². The summed E-state index contributed by atoms with van der Waals surface area (Å²) in [5, 5.41) is 8.69. The predicted molar refractivity (Wildman–Crippen MR) is 43.4 cm³/mol. The van der Waals surface area contributed by atoms with Gasteiger partial charge in [-0.2, -0.15) is 0 Å². The van der Waals surface area contributed by atoms with E-state index < -0.39 is 0 Å². The van der Waals surface area contributed by atoms with Gasteiger partial charge in [-0.15, -0.1) is 0 Å². The van der Waals surface area contributed by atoms with Crippen LogP contribution in [0.25, 0.3) is 0 Å². The van der Waals surface area contributed by atoms with Crippen LogP contribution in [0.15, 0.2) is 12.4 Å². The van der Waals surface area contributed by atoms with Gasteiger partial charge in [0.25, 0.3) is 0 Å². The van der Waals surface area contributed by atoms with E-state index in [9.17, 15) is 0 Å². The highest BCUT2D eigenvalue weighted by Gasteiger charge is 2.03. The zero-order valence-electron chi connectivity index (χ0n) is 6.99. The summed E-state index contributed by atoms with van der Waals surface area (Å²) in [4.78, 5) is 4.13. The molecule has 1 heterocycles. The Bertz CT molecular complexity index is 218. The van der Waals surface area contributed by atoms with Crippen LogP contribution < -0.4 is 0 Å². The molecule has 1 N–H and O–H groups in total. The highest BCUT2D eigenvalue weighted by atomic mass is 16.3. The molecular weight excluding hydrogens is 140 g/mol. The van der Waals surface area contributed by atoms with Crippen molar-refractivity contribution in [1.29, 1.82) is 0 Å². The molecule has 0 spiro atoms. The SMILES string of the molecule is CC(C)n1ccnc1CCO. The van der Waals surface area contributed by atoms with Gasteiger partial charge < -0.3 is 9.67 Å². The van der Waals surface area contributed by atoms with Crippen LogP contribution in [0, 0.1) is 0 Å². The molecule has 11 heavy (non-hydrogen) atoms. The maximum Gasteiger partial charge on any atom is 0.111 e. The highest BCUT2D eigenvalue weighted by Crippen LogP contribution is 2.07. The Hall–Kier alpha value is -0.830. The fourth-order valence-electron chi connectivity index (χ4n) is 1.11. The van der Waals surface area contributed by atoms with Crippen molar-refractivity contribution < 1.29 is 5.11 Å². The number of rotatable bonds is 3. The van der Waals surface area contributed by atoms with Gasteiger partial charge in [0.2, 0.25) is 0 Å². The maximum absolute atomic E-state index is 8.69. The molecule has 0 aliphatic carbocycles. The molecule has 0 atom stereocenters. The average molecular weight is 154 g/mol. The fraction of sp³-hybridized carbons (Fsp3) is 0.625. The number of hydrogen-bond acceptors (Lipinski definition) is 2. The van der Waals surface area contributed by atoms with Gasteiger partial charge in [0.15, 0.2) is 0 Å². The summed E-state index contributed by atoms with van der Waals surface area (Å²) in [7, 11) is 0. The second kappa shape index (κ2) is 3.53. The van der Waals surface area contributed by atoms with Crippen LogP contribution in [0.5, 0.6) is 0 Å². The summed E-state index contributed by atoms with van der Waals surface area (Å²) in [6.45, 7) is 4.37. The molecular formula is C8H14N2O. The smallest absolute Gasteiger partial charge is 0.111 e. The van der Waals surface area contributed by atoms with Gasteiger partial charge in [-0.3, -0.25) is 0 Å². The Kier molecular flexibility index (Phi) is 2.65. The maximum atomic E-state index is 8.69. The van der Waals surface area contributed by atoms with Crippen LogP contribution in [0.3, 0.4) is 0 Å². The molecule has 1 aromatic rings. The Morgan fingerprint density at radius 3 is 2.91 bits per heavy atom. The lowest BCUT2D eigenvalue weighted by Gasteiger charge is -2.09. The van der Waals surface area contributed by atoms with Crippen LogP contribution in [-0.2, 0) is 6.42 Å². The second-order valence-corrected chi connectivity index (χ2v) is 2.82. The topological polar surface area (TPSA) is 38.0 Å². The fourth-order valence-corrected chi connectivity index (χ4v) is 1.11. The molecule has 0 saturated heterocycles. The monoisotopic (exact) mass is 154 g/mol. The molecule has 0 fully saturated rings. The van der Waals surface area contributed by atoms with E-state index in [-0.39, 0.29) is 6.61 Å². The summed E-state index contributed by atoms with van der Waals surface area (Å²) in [6, 6.07) is 0.430. The minimum absolute atomic E-state index is 0.170. The van der Waals surface area contributed by atoms with Crippen molar-refractivity contribution in [2.45, 2.75) is 26.3 Å². The molecule has 3 nitrogen and oxygen atoms in total. The van der Waals surface area contributed by atoms with Crippen molar-refractivity contribution in [3.63, 3.8) is 0 Å². The van der Waals surface area contributed by atoms with Crippen molar-refractivity contribution in [3.05, 3.63) is 18.2 Å². The number of imidazole rings is 1. The van der Waals surface area contributed by atoms with Gasteiger partial charge in [0, 0.05) is 24.9 Å². The zero-order chi connectivity index (χ0) is 8.27. The van der Waals surface area contributed by atoms with E-state index >= 15 is 0 Å². The van der Waals surface area contributed by atoms with Crippen LogP contribution in [0.2, 0.25) is 0 Å². The van der Waals surface area contributed by atoms with E-state index in [2.05, 4.69) is 23.4 Å². The summed E-state index contributed by atoms with van der Waals surface area (Å²) >= 11 is 0. The van der Waals surface area contributed by atoms with Gasteiger partial charge >= 0.3 is 0 Å². The third kappa shape index (κ3) is 1.80. The molecule has 62 valence electrons. The quantitative estimate of drug-likeness (QED) is 0.705. The van der Waals surface area contributed by atoms with E-state index in [4.69, 9.17) is 5.11 Å². The second-order valence-electron chi connectivity index (χ2n) is 2.82. The highest BCUT2D eigenvalue weighted by molar-refractivity contribution is 4.94. The number of aromatic nitrogens is 2. The molecule has 0 saturated carbocycles. The van der Waals surface area contributed by atoms with E-state index in [1.807, 2.05) is 6.20 Å². The molecule has 0 aliphatic rings. The van der Waals surface area contributed by atoms with Gasteiger partial charge in [0.05, 0.1) is 6.61 Å². The minimum atomic E-state index is 0.170. The van der Waals surface area contributed by atoms with E-state index in [0.29, 0.717) is 12.5 Å². The molecule has 0 aromatic carbocycles. The number of aliphatic hydroxyl groups excluding tert-OH is 1. The molecule has 3 heteroatoms. The minimum Gasteiger partial charge on any atom is -0.396 e. The molecule has 0 unspecified atom stereocenters. The largest absolute Gasteiger partial charge is 0.396 e. The Labute approximate surface area is 66.7 Å². The van der Waals surface area contributed by atoms with Crippen molar-refractivity contribution in [1.82, 2.24) is 9.55 Å². The number of nitrogens with zero attached hydrogens (tertiary/aromatic N) is 2. The summed E-state index contributed by atoms with van der Waals surface area (Å²) in [5.74, 6) is 0.961. The number of hydrogen-bond donors (Lipinski definition) is 1. The molecule has 0 bridgehead atoms. The van der Waals surface area contributed by atoms with Crippen molar-refractivity contribution in [3.8, 4) is 0 Å². The van der Waals surface area contributed by atoms with Crippen LogP contribution in [-0.4, -0.2) is 21.3 Å². The molecule has 0 aliphatic heterocycles. The molecule has 1 aromatic heterocycles. The van der Waals surface area contributed by atoms with Gasteiger partial charge in [-0.05, 0) is 13.8 Å². The van der Waals surface area contributed by atoms with E-state index in [1.165, 1.54) is 0 Å². The summed E-state index contributed by atoms with van der Waals surface area (Å²) in [6.07, 6.45) is 4.35. The van der Waals surface area contributed by atoms with Crippen molar-refractivity contribution >= 4 is 0 Å². The van der Waals surface area contributed by atoms with Gasteiger partial charge in [-0.25, -0.2) is 4.98 Å². The number of aliphatic hydroxyl groups is 1. The third-order valence-corrected chi connectivity index (χ3v) is 1.64. The summed E-state index contributed by atoms with van der Waals surface area (Å²) < 4.78 is 2.07.